The number of benzene rings is 1. The summed E-state index contributed by atoms with van der Waals surface area (Å²) in [6.07, 6.45) is 0. The van der Waals surface area contributed by atoms with Gasteiger partial charge >= 0.3 is 5.97 Å². The lowest BCUT2D eigenvalue weighted by Crippen LogP contribution is -2.43. The van der Waals surface area contributed by atoms with Crippen molar-refractivity contribution in [3.63, 3.8) is 0 Å². The lowest BCUT2D eigenvalue weighted by Gasteiger charge is -2.31. The Kier molecular flexibility index (Phi) is 4.27. The maximum Gasteiger partial charge on any atom is 0.337 e. The molecule has 0 saturated carbocycles. The molecule has 0 atom stereocenters. The van der Waals surface area contributed by atoms with E-state index in [-0.39, 0.29) is 5.97 Å². The molecule has 2 rings (SSSR count). The van der Waals surface area contributed by atoms with Crippen LogP contribution in [0, 0.1) is 6.92 Å². The van der Waals surface area contributed by atoms with E-state index in [4.69, 9.17) is 4.74 Å². The fraction of sp³-hybridized carbons (Fsp3) is 0.500. The quantitative estimate of drug-likeness (QED) is 0.803. The van der Waals surface area contributed by atoms with Gasteiger partial charge in [-0.1, -0.05) is 0 Å². The summed E-state index contributed by atoms with van der Waals surface area (Å²) >= 11 is 0. The number of esters is 1. The van der Waals surface area contributed by atoms with Crippen molar-refractivity contribution in [3.8, 4) is 0 Å². The molecule has 0 aromatic heterocycles. The van der Waals surface area contributed by atoms with Gasteiger partial charge in [-0.2, -0.15) is 0 Å². The number of carbonyl (C=O) groups excluding carboxylic acids is 1. The highest BCUT2D eigenvalue weighted by atomic mass is 16.5. The molecular formula is C14H21N3O2. The first-order valence-corrected chi connectivity index (χ1v) is 6.53. The Balaban J connectivity index is 2.42. The van der Waals surface area contributed by atoms with Gasteiger partial charge in [0.15, 0.2) is 0 Å². The standard InChI is InChI=1S/C14H21N3O2/c1-10-12(15-2)8-11(14(18)19-3)9-13(10)17-6-4-16-5-7-17/h8-9,15-16H,4-7H2,1-3H3. The molecule has 104 valence electrons. The summed E-state index contributed by atoms with van der Waals surface area (Å²) in [6, 6.07) is 3.76. The largest absolute Gasteiger partial charge is 0.465 e. The number of anilines is 2. The minimum absolute atomic E-state index is 0.298. The van der Waals surface area contributed by atoms with E-state index in [2.05, 4.69) is 22.5 Å². The van der Waals surface area contributed by atoms with Crippen molar-refractivity contribution in [2.45, 2.75) is 6.92 Å². The zero-order chi connectivity index (χ0) is 13.8. The molecule has 0 unspecified atom stereocenters. The number of hydrogen-bond acceptors (Lipinski definition) is 5. The minimum Gasteiger partial charge on any atom is -0.465 e. The maximum atomic E-state index is 11.7. The lowest BCUT2D eigenvalue weighted by molar-refractivity contribution is 0.0601. The highest BCUT2D eigenvalue weighted by molar-refractivity contribution is 5.93. The molecule has 1 heterocycles. The number of nitrogens with one attached hydrogen (secondary N) is 2. The van der Waals surface area contributed by atoms with Crippen molar-refractivity contribution in [2.24, 2.45) is 0 Å². The summed E-state index contributed by atoms with van der Waals surface area (Å²) in [5.41, 5.74) is 3.83. The van der Waals surface area contributed by atoms with Crippen LogP contribution in [0.15, 0.2) is 12.1 Å². The molecule has 1 aliphatic rings. The van der Waals surface area contributed by atoms with Gasteiger partial charge in [0, 0.05) is 44.6 Å². The summed E-state index contributed by atoms with van der Waals surface area (Å²) in [6.45, 7) is 5.92. The summed E-state index contributed by atoms with van der Waals surface area (Å²) in [7, 11) is 3.27. The first kappa shape index (κ1) is 13.7. The number of ether oxygens (including phenoxy) is 1. The Hall–Kier alpha value is -1.75. The van der Waals surface area contributed by atoms with Gasteiger partial charge in [-0.25, -0.2) is 4.79 Å². The average molecular weight is 263 g/mol. The molecule has 2 N–H and O–H groups in total. The van der Waals surface area contributed by atoms with E-state index in [0.29, 0.717) is 5.56 Å². The lowest BCUT2D eigenvalue weighted by atomic mass is 10.1. The van der Waals surface area contributed by atoms with Crippen LogP contribution in [-0.2, 0) is 4.74 Å². The molecule has 1 aromatic carbocycles. The van der Waals surface area contributed by atoms with Crippen molar-refractivity contribution >= 4 is 17.3 Å². The highest BCUT2D eigenvalue weighted by Gasteiger charge is 2.18. The molecule has 5 nitrogen and oxygen atoms in total. The molecule has 1 aliphatic heterocycles. The zero-order valence-corrected chi connectivity index (χ0v) is 11.7. The molecule has 0 spiro atoms. The Morgan fingerprint density at radius 1 is 1.37 bits per heavy atom. The van der Waals surface area contributed by atoms with E-state index < -0.39 is 0 Å². The fourth-order valence-corrected chi connectivity index (χ4v) is 2.43. The second kappa shape index (κ2) is 5.93. The number of methoxy groups -OCH3 is 1. The SMILES string of the molecule is CNc1cc(C(=O)OC)cc(N2CCNCC2)c1C. The number of nitrogens with zero attached hydrogens (tertiary/aromatic N) is 1. The topological polar surface area (TPSA) is 53.6 Å². The van der Waals surface area contributed by atoms with Crippen LogP contribution < -0.4 is 15.5 Å². The zero-order valence-electron chi connectivity index (χ0n) is 11.7. The highest BCUT2D eigenvalue weighted by Crippen LogP contribution is 2.29. The van der Waals surface area contributed by atoms with Crippen molar-refractivity contribution in [1.82, 2.24) is 5.32 Å². The molecule has 0 bridgehead atoms. The summed E-state index contributed by atoms with van der Waals surface area (Å²) < 4.78 is 4.82. The van der Waals surface area contributed by atoms with E-state index in [1.807, 2.05) is 19.2 Å². The van der Waals surface area contributed by atoms with E-state index in [9.17, 15) is 4.79 Å². The first-order chi connectivity index (χ1) is 9.17. The minimum atomic E-state index is -0.298. The van der Waals surface area contributed by atoms with Crippen LogP contribution in [0.1, 0.15) is 15.9 Å². The van der Waals surface area contributed by atoms with Crippen LogP contribution in [0.25, 0.3) is 0 Å². The second-order valence-electron chi connectivity index (χ2n) is 4.65. The predicted octanol–water partition coefficient (Wildman–Crippen LogP) is 1.23. The Morgan fingerprint density at radius 2 is 2.05 bits per heavy atom. The molecule has 0 radical (unpaired) electrons. The molecule has 19 heavy (non-hydrogen) atoms. The van der Waals surface area contributed by atoms with Crippen LogP contribution in [0.4, 0.5) is 11.4 Å². The van der Waals surface area contributed by atoms with Crippen LogP contribution in [-0.4, -0.2) is 46.3 Å². The monoisotopic (exact) mass is 263 g/mol. The van der Waals surface area contributed by atoms with Gasteiger partial charge in [-0.3, -0.25) is 0 Å². The number of carbonyl (C=O) groups is 1. The van der Waals surface area contributed by atoms with Gasteiger partial charge in [-0.15, -0.1) is 0 Å². The smallest absolute Gasteiger partial charge is 0.337 e. The maximum absolute atomic E-state index is 11.7. The predicted molar refractivity (Wildman–Crippen MR) is 77.1 cm³/mol. The Bertz CT molecular complexity index is 468. The van der Waals surface area contributed by atoms with E-state index >= 15 is 0 Å². The van der Waals surface area contributed by atoms with Crippen molar-refractivity contribution in [2.75, 3.05) is 50.6 Å². The van der Waals surface area contributed by atoms with Gasteiger partial charge in [0.05, 0.1) is 12.7 Å². The molecule has 1 fully saturated rings. The number of rotatable bonds is 3. The molecule has 1 saturated heterocycles. The summed E-state index contributed by atoms with van der Waals surface area (Å²) in [5.74, 6) is -0.298. The van der Waals surface area contributed by atoms with Crippen LogP contribution >= 0.6 is 0 Å². The van der Waals surface area contributed by atoms with Gasteiger partial charge < -0.3 is 20.3 Å². The van der Waals surface area contributed by atoms with Crippen LogP contribution in [0.2, 0.25) is 0 Å². The van der Waals surface area contributed by atoms with Crippen molar-refractivity contribution in [1.29, 1.82) is 0 Å². The third-order valence-electron chi connectivity index (χ3n) is 3.53. The number of hydrogen-bond donors (Lipinski definition) is 2. The molecular weight excluding hydrogens is 242 g/mol. The molecule has 0 aliphatic carbocycles. The average Bonchev–Trinajstić information content (AvgIpc) is 2.47. The molecule has 0 amide bonds. The van der Waals surface area contributed by atoms with Crippen molar-refractivity contribution in [3.05, 3.63) is 23.3 Å². The summed E-state index contributed by atoms with van der Waals surface area (Å²) in [5, 5.41) is 6.48. The van der Waals surface area contributed by atoms with Gasteiger partial charge in [-0.05, 0) is 24.6 Å². The van der Waals surface area contributed by atoms with E-state index in [1.54, 1.807) is 0 Å². The molecule has 1 aromatic rings. The normalized spacial score (nSPS) is 15.2. The van der Waals surface area contributed by atoms with E-state index in [0.717, 1.165) is 43.1 Å². The third kappa shape index (κ3) is 2.81. The number of piperazine rings is 1. The van der Waals surface area contributed by atoms with Crippen LogP contribution in [0.5, 0.6) is 0 Å². The second-order valence-corrected chi connectivity index (χ2v) is 4.65. The van der Waals surface area contributed by atoms with Gasteiger partial charge in [0.2, 0.25) is 0 Å². The van der Waals surface area contributed by atoms with Crippen molar-refractivity contribution < 1.29 is 9.53 Å². The fourth-order valence-electron chi connectivity index (χ4n) is 2.43. The third-order valence-corrected chi connectivity index (χ3v) is 3.53. The van der Waals surface area contributed by atoms with E-state index in [1.165, 1.54) is 7.11 Å². The molecule has 5 heteroatoms. The Labute approximate surface area is 113 Å². The van der Waals surface area contributed by atoms with Crippen LogP contribution in [0.3, 0.4) is 0 Å². The van der Waals surface area contributed by atoms with Gasteiger partial charge in [0.25, 0.3) is 0 Å². The summed E-state index contributed by atoms with van der Waals surface area (Å²) in [4.78, 5) is 14.1. The first-order valence-electron chi connectivity index (χ1n) is 6.53. The van der Waals surface area contributed by atoms with Gasteiger partial charge in [0.1, 0.15) is 0 Å². The Morgan fingerprint density at radius 3 is 2.63 bits per heavy atom.